The van der Waals surface area contributed by atoms with Gasteiger partial charge in [0.15, 0.2) is 0 Å². The Bertz CT molecular complexity index is 1130. The molecule has 1 aliphatic heterocycles. The molecule has 1 saturated carbocycles. The fraction of sp³-hybridized carbons (Fsp3) is 0.308. The Morgan fingerprint density at radius 1 is 1.06 bits per heavy atom. The summed E-state index contributed by atoms with van der Waals surface area (Å²) in [7, 11) is 0. The highest BCUT2D eigenvalue weighted by Crippen LogP contribution is 2.56. The summed E-state index contributed by atoms with van der Waals surface area (Å²) >= 11 is 0. The van der Waals surface area contributed by atoms with Crippen LogP contribution in [0.15, 0.2) is 77.1 Å². The molecule has 2 amide bonds. The van der Waals surface area contributed by atoms with Crippen molar-refractivity contribution in [1.82, 2.24) is 4.90 Å². The molecule has 6 heteroatoms. The number of carbonyl (C=O) groups excluding carboxylic acids is 1. The average Bonchev–Trinajstić information content (AvgIpc) is 3.57. The number of benzene rings is 2. The Labute approximate surface area is 188 Å². The van der Waals surface area contributed by atoms with Crippen molar-refractivity contribution in [3.63, 3.8) is 0 Å². The Hall–Kier alpha value is -3.54. The largest absolute Gasteiger partial charge is 0.489 e. The van der Waals surface area contributed by atoms with Gasteiger partial charge < -0.3 is 15.6 Å². The zero-order valence-corrected chi connectivity index (χ0v) is 18.6. The molecule has 2 aromatic rings. The lowest BCUT2D eigenvalue weighted by Gasteiger charge is -2.44. The Balaban J connectivity index is 1.89. The smallest absolute Gasteiger partial charge is 0.334 e. The number of carbonyl (C=O) groups is 2. The van der Waals surface area contributed by atoms with Crippen LogP contribution in [0.3, 0.4) is 0 Å². The quantitative estimate of drug-likeness (QED) is 0.675. The molecule has 6 nitrogen and oxygen atoms in total. The number of para-hydroxylation sites is 1. The van der Waals surface area contributed by atoms with E-state index in [9.17, 15) is 14.7 Å². The summed E-state index contributed by atoms with van der Waals surface area (Å²) in [5.74, 6) is -0.241. The first-order chi connectivity index (χ1) is 15.3. The average molecular weight is 433 g/mol. The summed E-state index contributed by atoms with van der Waals surface area (Å²) in [6, 6.07) is 16.7. The number of hydrogen-bond donors (Lipinski definition) is 2. The first-order valence-electron chi connectivity index (χ1n) is 10.8. The molecule has 1 fully saturated rings. The van der Waals surface area contributed by atoms with Gasteiger partial charge in [0.05, 0.1) is 11.0 Å². The molecule has 4 rings (SSSR count). The molecule has 1 unspecified atom stereocenters. The van der Waals surface area contributed by atoms with Crippen molar-refractivity contribution in [2.45, 2.75) is 45.6 Å². The van der Waals surface area contributed by atoms with E-state index in [1.54, 1.807) is 6.92 Å². The summed E-state index contributed by atoms with van der Waals surface area (Å²) in [6.45, 7) is 5.80. The highest BCUT2D eigenvalue weighted by atomic mass is 16.5. The molecule has 0 bridgehead atoms. The molecule has 1 atom stereocenters. The van der Waals surface area contributed by atoms with Crippen LogP contribution in [0.1, 0.15) is 44.7 Å². The van der Waals surface area contributed by atoms with Gasteiger partial charge in [0.2, 0.25) is 0 Å². The predicted octanol–water partition coefficient (Wildman–Crippen LogP) is 4.96. The third-order valence-corrected chi connectivity index (χ3v) is 6.54. The van der Waals surface area contributed by atoms with Crippen molar-refractivity contribution < 1.29 is 19.4 Å². The van der Waals surface area contributed by atoms with Crippen molar-refractivity contribution in [2.75, 3.05) is 0 Å². The number of carboxylic acids is 1. The third-order valence-electron chi connectivity index (χ3n) is 6.54. The second-order valence-electron chi connectivity index (χ2n) is 8.61. The number of rotatable bonds is 6. The fourth-order valence-electron chi connectivity index (χ4n) is 5.14. The van der Waals surface area contributed by atoms with E-state index in [1.807, 2.05) is 68.4 Å². The molecule has 32 heavy (non-hydrogen) atoms. The maximum atomic E-state index is 12.6. The van der Waals surface area contributed by atoms with Crippen LogP contribution in [-0.4, -0.2) is 22.0 Å². The topological polar surface area (TPSA) is 92.9 Å². The molecular formula is C26H28N2O4. The lowest BCUT2D eigenvalue weighted by Crippen LogP contribution is -2.45. The molecule has 0 radical (unpaired) electrons. The van der Waals surface area contributed by atoms with E-state index in [0.29, 0.717) is 23.8 Å². The minimum atomic E-state index is -1.07. The number of nitrogens with zero attached hydrogens (tertiary/aromatic N) is 1. The van der Waals surface area contributed by atoms with Gasteiger partial charge in [0, 0.05) is 17.0 Å². The number of ether oxygens (including phenoxy) is 1. The first-order valence-corrected chi connectivity index (χ1v) is 10.8. The number of nitrogens with two attached hydrogens (primary N) is 1. The second-order valence-corrected chi connectivity index (χ2v) is 8.61. The molecule has 1 aliphatic carbocycles. The number of allylic oxidation sites excluding steroid dienone is 3. The molecule has 2 aromatic carbocycles. The molecular weight excluding hydrogens is 404 g/mol. The summed E-state index contributed by atoms with van der Waals surface area (Å²) in [5, 5.41) is 10.3. The van der Waals surface area contributed by atoms with Crippen molar-refractivity contribution >= 4 is 12.0 Å². The van der Waals surface area contributed by atoms with Gasteiger partial charge >= 0.3 is 12.0 Å². The van der Waals surface area contributed by atoms with E-state index in [2.05, 4.69) is 0 Å². The number of amides is 2. The monoisotopic (exact) mass is 432 g/mol. The normalized spacial score (nSPS) is 21.0. The van der Waals surface area contributed by atoms with Gasteiger partial charge in [-0.1, -0.05) is 48.5 Å². The molecule has 0 aromatic heterocycles. The van der Waals surface area contributed by atoms with Crippen LogP contribution in [0.4, 0.5) is 4.79 Å². The van der Waals surface area contributed by atoms with Crippen LogP contribution in [-0.2, 0) is 16.8 Å². The number of hydrogen-bond acceptors (Lipinski definition) is 3. The zero-order chi connectivity index (χ0) is 23.0. The van der Waals surface area contributed by atoms with Gasteiger partial charge in [-0.15, -0.1) is 0 Å². The highest BCUT2D eigenvalue weighted by Gasteiger charge is 2.52. The fourth-order valence-corrected chi connectivity index (χ4v) is 5.14. The zero-order valence-electron chi connectivity index (χ0n) is 18.6. The SMILES string of the molecule is CC1=C(C(=O)O)C(C)(c2ccccc2OCc2ccccc2)C(C2CC2)=C(C)N1C(N)=O. The van der Waals surface area contributed by atoms with Gasteiger partial charge in [0.1, 0.15) is 12.4 Å². The van der Waals surface area contributed by atoms with Gasteiger partial charge in [-0.25, -0.2) is 9.59 Å². The van der Waals surface area contributed by atoms with Crippen LogP contribution in [0.25, 0.3) is 0 Å². The van der Waals surface area contributed by atoms with Crippen molar-refractivity contribution in [3.05, 3.63) is 88.3 Å². The second kappa shape index (κ2) is 8.19. The van der Waals surface area contributed by atoms with Crippen LogP contribution < -0.4 is 10.5 Å². The summed E-state index contributed by atoms with van der Waals surface area (Å²) in [6.07, 6.45) is 1.90. The number of aliphatic carboxylic acids is 1. The molecule has 0 spiro atoms. The maximum Gasteiger partial charge on any atom is 0.334 e. The summed E-state index contributed by atoms with van der Waals surface area (Å²) in [5.41, 5.74) is 8.63. The van der Waals surface area contributed by atoms with E-state index in [4.69, 9.17) is 10.5 Å². The Morgan fingerprint density at radius 3 is 2.28 bits per heavy atom. The molecule has 166 valence electrons. The van der Waals surface area contributed by atoms with Crippen LogP contribution in [0, 0.1) is 5.92 Å². The Morgan fingerprint density at radius 2 is 1.69 bits per heavy atom. The van der Waals surface area contributed by atoms with Gasteiger partial charge in [0.25, 0.3) is 0 Å². The number of primary amides is 1. The molecule has 3 N–H and O–H groups in total. The van der Waals surface area contributed by atoms with Crippen molar-refractivity contribution in [2.24, 2.45) is 11.7 Å². The van der Waals surface area contributed by atoms with E-state index < -0.39 is 17.4 Å². The van der Waals surface area contributed by atoms with Crippen LogP contribution in [0.5, 0.6) is 5.75 Å². The lowest BCUT2D eigenvalue weighted by atomic mass is 9.65. The first kappa shape index (κ1) is 21.7. The van der Waals surface area contributed by atoms with E-state index in [1.165, 1.54) is 4.90 Å². The highest BCUT2D eigenvalue weighted by molar-refractivity contribution is 5.95. The van der Waals surface area contributed by atoms with Crippen LogP contribution in [0.2, 0.25) is 0 Å². The minimum Gasteiger partial charge on any atom is -0.489 e. The Kier molecular flexibility index (Phi) is 5.55. The van der Waals surface area contributed by atoms with E-state index in [-0.39, 0.29) is 11.5 Å². The van der Waals surface area contributed by atoms with E-state index >= 15 is 0 Å². The van der Waals surface area contributed by atoms with Crippen LogP contribution >= 0.6 is 0 Å². The molecule has 1 heterocycles. The summed E-state index contributed by atoms with van der Waals surface area (Å²) in [4.78, 5) is 26.2. The lowest BCUT2D eigenvalue weighted by molar-refractivity contribution is -0.133. The number of urea groups is 1. The van der Waals surface area contributed by atoms with Gasteiger partial charge in [-0.3, -0.25) is 4.90 Å². The number of carboxylic acid groups (broad SMARTS) is 1. The van der Waals surface area contributed by atoms with Gasteiger partial charge in [-0.05, 0) is 56.7 Å². The maximum absolute atomic E-state index is 12.6. The molecule has 0 saturated heterocycles. The van der Waals surface area contributed by atoms with E-state index in [0.717, 1.165) is 29.5 Å². The third kappa shape index (κ3) is 3.55. The van der Waals surface area contributed by atoms with Crippen molar-refractivity contribution in [3.8, 4) is 5.75 Å². The molecule has 2 aliphatic rings. The minimum absolute atomic E-state index is 0.152. The van der Waals surface area contributed by atoms with Crippen molar-refractivity contribution in [1.29, 1.82) is 0 Å². The predicted molar refractivity (Wildman–Crippen MR) is 122 cm³/mol. The summed E-state index contributed by atoms with van der Waals surface area (Å²) < 4.78 is 6.22. The standard InChI is InChI=1S/C26H28N2O4/c1-16-22(19-13-14-19)26(3,23(24(29)30)17(2)28(16)25(27)31)20-11-7-8-12-21(20)32-15-18-9-5-4-6-10-18/h4-12,19H,13-15H2,1-3H3,(H2,27,31)(H,29,30). The van der Waals surface area contributed by atoms with Gasteiger partial charge in [-0.2, -0.15) is 0 Å².